The van der Waals surface area contributed by atoms with Crippen molar-refractivity contribution >= 4 is 11.6 Å². The lowest BCUT2D eigenvalue weighted by Gasteiger charge is -2.16. The molecule has 4 N–H and O–H groups in total. The first-order valence-corrected chi connectivity index (χ1v) is 6.10. The molecule has 0 aromatic heterocycles. The number of primary amides is 1. The number of nitrogens with zero attached hydrogens (tertiary/aromatic N) is 1. The normalized spacial score (nSPS) is 14.8. The Kier molecular flexibility index (Phi) is 3.72. The second kappa shape index (κ2) is 5.27. The molecule has 0 bridgehead atoms. The van der Waals surface area contributed by atoms with Crippen LogP contribution in [-0.4, -0.2) is 37.0 Å². The highest BCUT2D eigenvalue weighted by atomic mass is 16.5. The number of anilines is 1. The molecule has 98 valence electrons. The van der Waals surface area contributed by atoms with Crippen LogP contribution in [0.4, 0.5) is 5.69 Å². The van der Waals surface area contributed by atoms with E-state index in [1.54, 1.807) is 18.2 Å². The summed E-state index contributed by atoms with van der Waals surface area (Å²) in [5, 5.41) is 0. The first-order chi connectivity index (χ1) is 8.58. The molecule has 1 aromatic carbocycles. The van der Waals surface area contributed by atoms with Crippen LogP contribution in [0.5, 0.6) is 5.75 Å². The van der Waals surface area contributed by atoms with Crippen molar-refractivity contribution in [3.05, 3.63) is 23.8 Å². The zero-order valence-electron chi connectivity index (χ0n) is 10.6. The average molecular weight is 249 g/mol. The van der Waals surface area contributed by atoms with Gasteiger partial charge in [-0.3, -0.25) is 4.79 Å². The molecule has 1 fully saturated rings. The summed E-state index contributed by atoms with van der Waals surface area (Å²) in [6, 6.07) is 5.54. The molecule has 0 saturated heterocycles. The average Bonchev–Trinajstić information content (AvgIpc) is 3.15. The van der Waals surface area contributed by atoms with Gasteiger partial charge in [-0.15, -0.1) is 0 Å². The molecule has 0 radical (unpaired) electrons. The van der Waals surface area contributed by atoms with E-state index >= 15 is 0 Å². The molecule has 1 aliphatic rings. The summed E-state index contributed by atoms with van der Waals surface area (Å²) in [4.78, 5) is 13.3. The Hall–Kier alpha value is -1.75. The zero-order valence-corrected chi connectivity index (χ0v) is 10.6. The standard InChI is InChI=1S/C13H19N3O2/c1-16(10-3-4-10)6-7-18-12-8-9(13(15)17)2-5-11(12)14/h2,5,8,10H,3-4,6-7,14H2,1H3,(H2,15,17). The third-order valence-electron chi connectivity index (χ3n) is 3.17. The number of carbonyl (C=O) groups is 1. The molecule has 0 spiro atoms. The largest absolute Gasteiger partial charge is 0.490 e. The van der Waals surface area contributed by atoms with Crippen LogP contribution < -0.4 is 16.2 Å². The third kappa shape index (κ3) is 3.13. The number of hydrogen-bond donors (Lipinski definition) is 2. The highest BCUT2D eigenvalue weighted by molar-refractivity contribution is 5.93. The van der Waals surface area contributed by atoms with Gasteiger partial charge in [-0.1, -0.05) is 0 Å². The minimum Gasteiger partial charge on any atom is -0.490 e. The fourth-order valence-electron chi connectivity index (χ4n) is 1.81. The minimum atomic E-state index is -0.477. The lowest BCUT2D eigenvalue weighted by atomic mass is 10.2. The van der Waals surface area contributed by atoms with Gasteiger partial charge in [0.05, 0.1) is 5.69 Å². The molecule has 1 aliphatic carbocycles. The Morgan fingerprint density at radius 2 is 2.22 bits per heavy atom. The first-order valence-electron chi connectivity index (χ1n) is 6.10. The molecule has 1 saturated carbocycles. The number of hydrogen-bond acceptors (Lipinski definition) is 4. The molecule has 1 aromatic rings. The van der Waals surface area contributed by atoms with Gasteiger partial charge in [-0.25, -0.2) is 0 Å². The number of rotatable bonds is 6. The summed E-state index contributed by atoms with van der Waals surface area (Å²) in [5.41, 5.74) is 11.9. The van der Waals surface area contributed by atoms with Crippen molar-refractivity contribution in [3.63, 3.8) is 0 Å². The monoisotopic (exact) mass is 249 g/mol. The SMILES string of the molecule is CN(CCOc1cc(C(N)=O)ccc1N)C1CC1. The zero-order chi connectivity index (χ0) is 13.1. The van der Waals surface area contributed by atoms with E-state index in [1.807, 2.05) is 0 Å². The quantitative estimate of drug-likeness (QED) is 0.732. The van der Waals surface area contributed by atoms with Crippen molar-refractivity contribution in [2.75, 3.05) is 25.9 Å². The molecular weight excluding hydrogens is 230 g/mol. The summed E-state index contributed by atoms with van der Waals surface area (Å²) in [5.74, 6) is 0.0467. The number of ether oxygens (including phenoxy) is 1. The topological polar surface area (TPSA) is 81.6 Å². The molecule has 2 rings (SSSR count). The van der Waals surface area contributed by atoms with E-state index in [2.05, 4.69) is 11.9 Å². The number of benzene rings is 1. The number of carbonyl (C=O) groups excluding carboxylic acids is 1. The van der Waals surface area contributed by atoms with Crippen LogP contribution in [0.15, 0.2) is 18.2 Å². The maximum Gasteiger partial charge on any atom is 0.248 e. The van der Waals surface area contributed by atoms with Crippen molar-refractivity contribution in [2.45, 2.75) is 18.9 Å². The maximum atomic E-state index is 11.1. The second-order valence-electron chi connectivity index (χ2n) is 4.68. The Morgan fingerprint density at radius 1 is 1.50 bits per heavy atom. The predicted octanol–water partition coefficient (Wildman–Crippen LogP) is 0.841. The third-order valence-corrected chi connectivity index (χ3v) is 3.17. The Morgan fingerprint density at radius 3 is 2.83 bits per heavy atom. The van der Waals surface area contributed by atoms with E-state index in [1.165, 1.54) is 12.8 Å². The summed E-state index contributed by atoms with van der Waals surface area (Å²) >= 11 is 0. The van der Waals surface area contributed by atoms with Gasteiger partial charge in [0.15, 0.2) is 0 Å². The van der Waals surface area contributed by atoms with Gasteiger partial charge >= 0.3 is 0 Å². The van der Waals surface area contributed by atoms with Crippen LogP contribution in [0.3, 0.4) is 0 Å². The number of nitrogens with two attached hydrogens (primary N) is 2. The van der Waals surface area contributed by atoms with Crippen LogP contribution in [0.25, 0.3) is 0 Å². The summed E-state index contributed by atoms with van der Waals surface area (Å²) < 4.78 is 5.60. The summed E-state index contributed by atoms with van der Waals surface area (Å²) in [7, 11) is 2.09. The van der Waals surface area contributed by atoms with Crippen molar-refractivity contribution in [1.29, 1.82) is 0 Å². The Labute approximate surface area is 107 Å². The smallest absolute Gasteiger partial charge is 0.248 e. The van der Waals surface area contributed by atoms with E-state index in [0.29, 0.717) is 29.6 Å². The lowest BCUT2D eigenvalue weighted by Crippen LogP contribution is -2.26. The van der Waals surface area contributed by atoms with E-state index in [0.717, 1.165) is 6.54 Å². The van der Waals surface area contributed by atoms with Gasteiger partial charge in [-0.2, -0.15) is 0 Å². The minimum absolute atomic E-state index is 0.412. The summed E-state index contributed by atoms with van der Waals surface area (Å²) in [6.07, 6.45) is 2.55. The predicted molar refractivity (Wildman–Crippen MR) is 70.5 cm³/mol. The van der Waals surface area contributed by atoms with Gasteiger partial charge in [-0.05, 0) is 38.1 Å². The molecule has 1 amide bonds. The highest BCUT2D eigenvalue weighted by Gasteiger charge is 2.25. The van der Waals surface area contributed by atoms with Crippen molar-refractivity contribution < 1.29 is 9.53 Å². The van der Waals surface area contributed by atoms with E-state index in [9.17, 15) is 4.79 Å². The molecule has 0 aliphatic heterocycles. The fourth-order valence-corrected chi connectivity index (χ4v) is 1.81. The number of amides is 1. The van der Waals surface area contributed by atoms with E-state index in [4.69, 9.17) is 16.2 Å². The van der Waals surface area contributed by atoms with E-state index < -0.39 is 5.91 Å². The second-order valence-corrected chi connectivity index (χ2v) is 4.68. The molecule has 0 heterocycles. The molecule has 0 atom stereocenters. The Balaban J connectivity index is 1.91. The molecule has 0 unspecified atom stereocenters. The number of nitrogen functional groups attached to an aromatic ring is 1. The van der Waals surface area contributed by atoms with Crippen LogP contribution in [-0.2, 0) is 0 Å². The lowest BCUT2D eigenvalue weighted by molar-refractivity contribution is 0.1000. The van der Waals surface area contributed by atoms with Crippen LogP contribution in [0, 0.1) is 0 Å². The molecule has 5 heteroatoms. The molecule has 18 heavy (non-hydrogen) atoms. The summed E-state index contributed by atoms with van der Waals surface area (Å²) in [6.45, 7) is 1.41. The van der Waals surface area contributed by atoms with Gasteiger partial charge in [0.25, 0.3) is 0 Å². The van der Waals surface area contributed by atoms with Crippen molar-refractivity contribution in [1.82, 2.24) is 4.90 Å². The first kappa shape index (κ1) is 12.7. The molecular formula is C13H19N3O2. The maximum absolute atomic E-state index is 11.1. The van der Waals surface area contributed by atoms with Gasteiger partial charge < -0.3 is 21.1 Å². The number of likely N-dealkylation sites (N-methyl/N-ethyl adjacent to an activating group) is 1. The van der Waals surface area contributed by atoms with Crippen LogP contribution >= 0.6 is 0 Å². The van der Waals surface area contributed by atoms with Crippen LogP contribution in [0.1, 0.15) is 23.2 Å². The van der Waals surface area contributed by atoms with Gasteiger partial charge in [0.2, 0.25) is 5.91 Å². The van der Waals surface area contributed by atoms with Gasteiger partial charge in [0.1, 0.15) is 12.4 Å². The van der Waals surface area contributed by atoms with Crippen LogP contribution in [0.2, 0.25) is 0 Å². The molecule has 5 nitrogen and oxygen atoms in total. The Bertz CT molecular complexity index is 444. The van der Waals surface area contributed by atoms with Crippen molar-refractivity contribution in [2.24, 2.45) is 5.73 Å². The fraction of sp³-hybridized carbons (Fsp3) is 0.462. The van der Waals surface area contributed by atoms with Gasteiger partial charge in [0, 0.05) is 18.2 Å². The van der Waals surface area contributed by atoms with E-state index in [-0.39, 0.29) is 0 Å². The highest BCUT2D eigenvalue weighted by Crippen LogP contribution is 2.25. The van der Waals surface area contributed by atoms with Crippen molar-refractivity contribution in [3.8, 4) is 5.75 Å².